The van der Waals surface area contributed by atoms with Gasteiger partial charge in [0.15, 0.2) is 0 Å². The zero-order chi connectivity index (χ0) is 19.3. The highest BCUT2D eigenvalue weighted by atomic mass is 35.5. The number of rotatable bonds is 5. The molecule has 0 unspecified atom stereocenters. The molecular formula is C21H20ClN5O. The predicted molar refractivity (Wildman–Crippen MR) is 106 cm³/mol. The van der Waals surface area contributed by atoms with Crippen molar-refractivity contribution in [3.63, 3.8) is 0 Å². The number of nitriles is 1. The van der Waals surface area contributed by atoms with Crippen molar-refractivity contribution in [2.24, 2.45) is 0 Å². The van der Waals surface area contributed by atoms with Gasteiger partial charge in [0.2, 0.25) is 11.7 Å². The van der Waals surface area contributed by atoms with Crippen molar-refractivity contribution in [2.75, 3.05) is 26.2 Å². The van der Waals surface area contributed by atoms with E-state index >= 15 is 0 Å². The third-order valence-corrected chi connectivity index (χ3v) is 5.14. The summed E-state index contributed by atoms with van der Waals surface area (Å²) in [5.41, 5.74) is 2.83. The first-order valence-electron chi connectivity index (χ1n) is 9.22. The van der Waals surface area contributed by atoms with Crippen LogP contribution in [-0.4, -0.2) is 46.1 Å². The molecule has 0 amide bonds. The summed E-state index contributed by atoms with van der Waals surface area (Å²) in [5, 5.41) is 13.7. The lowest BCUT2D eigenvalue weighted by Gasteiger charge is -2.33. The fraction of sp³-hybridized carbons (Fsp3) is 0.286. The molecule has 3 aromatic rings. The maximum atomic E-state index is 8.89. The molecular weight excluding hydrogens is 374 g/mol. The molecule has 0 radical (unpaired) electrons. The quantitative estimate of drug-likeness (QED) is 0.660. The molecule has 2 aromatic carbocycles. The number of halogens is 1. The Kier molecular flexibility index (Phi) is 5.68. The Morgan fingerprint density at radius 3 is 2.21 bits per heavy atom. The first kappa shape index (κ1) is 18.6. The van der Waals surface area contributed by atoms with Crippen LogP contribution in [0.15, 0.2) is 53.1 Å². The van der Waals surface area contributed by atoms with Gasteiger partial charge in [-0.05, 0) is 42.0 Å². The zero-order valence-corrected chi connectivity index (χ0v) is 16.1. The van der Waals surface area contributed by atoms with E-state index in [1.54, 1.807) is 0 Å². The highest BCUT2D eigenvalue weighted by Gasteiger charge is 2.19. The Morgan fingerprint density at radius 2 is 1.57 bits per heavy atom. The van der Waals surface area contributed by atoms with Crippen LogP contribution in [0.5, 0.6) is 0 Å². The normalized spacial score (nSPS) is 15.4. The van der Waals surface area contributed by atoms with Crippen molar-refractivity contribution in [3.8, 4) is 17.5 Å². The average Bonchev–Trinajstić information content (AvgIpc) is 3.19. The maximum Gasteiger partial charge on any atom is 0.241 e. The second kappa shape index (κ2) is 8.53. The van der Waals surface area contributed by atoms with Crippen molar-refractivity contribution in [1.82, 2.24) is 19.9 Å². The molecule has 1 fully saturated rings. The molecule has 0 bridgehead atoms. The highest BCUT2D eigenvalue weighted by Crippen LogP contribution is 2.19. The SMILES string of the molecule is N#Cc1ccc(CN2CCN(Cc3nc(-c4ccc(Cl)cc4)no3)CC2)cc1. The fourth-order valence-electron chi connectivity index (χ4n) is 3.27. The van der Waals surface area contributed by atoms with E-state index < -0.39 is 0 Å². The first-order valence-corrected chi connectivity index (χ1v) is 9.60. The van der Waals surface area contributed by atoms with Gasteiger partial charge in [-0.2, -0.15) is 10.2 Å². The van der Waals surface area contributed by atoms with E-state index in [-0.39, 0.29) is 0 Å². The third kappa shape index (κ3) is 4.57. The Balaban J connectivity index is 1.28. The summed E-state index contributed by atoms with van der Waals surface area (Å²) in [6.45, 7) is 5.44. The van der Waals surface area contributed by atoms with Crippen molar-refractivity contribution in [3.05, 3.63) is 70.6 Å². The number of nitrogens with zero attached hydrogens (tertiary/aromatic N) is 5. The molecule has 2 heterocycles. The third-order valence-electron chi connectivity index (χ3n) is 4.88. The minimum Gasteiger partial charge on any atom is -0.338 e. The lowest BCUT2D eigenvalue weighted by Crippen LogP contribution is -2.45. The molecule has 0 N–H and O–H groups in total. The van der Waals surface area contributed by atoms with E-state index in [1.165, 1.54) is 5.56 Å². The van der Waals surface area contributed by atoms with E-state index in [1.807, 2.05) is 48.5 Å². The molecule has 1 saturated heterocycles. The van der Waals surface area contributed by atoms with Crippen LogP contribution < -0.4 is 0 Å². The van der Waals surface area contributed by atoms with Crippen molar-refractivity contribution in [1.29, 1.82) is 5.26 Å². The number of hydrogen-bond acceptors (Lipinski definition) is 6. The molecule has 0 saturated carbocycles. The zero-order valence-electron chi connectivity index (χ0n) is 15.4. The van der Waals surface area contributed by atoms with Crippen LogP contribution in [0.1, 0.15) is 17.0 Å². The van der Waals surface area contributed by atoms with Crippen LogP contribution in [0.3, 0.4) is 0 Å². The highest BCUT2D eigenvalue weighted by molar-refractivity contribution is 6.30. The van der Waals surface area contributed by atoms with Gasteiger partial charge in [-0.15, -0.1) is 0 Å². The van der Waals surface area contributed by atoms with Gasteiger partial charge in [0.25, 0.3) is 0 Å². The summed E-state index contributed by atoms with van der Waals surface area (Å²) in [6.07, 6.45) is 0. The van der Waals surface area contributed by atoms with E-state index in [2.05, 4.69) is 26.0 Å². The molecule has 4 rings (SSSR count). The number of hydrogen-bond donors (Lipinski definition) is 0. The van der Waals surface area contributed by atoms with E-state index in [9.17, 15) is 0 Å². The molecule has 142 valence electrons. The number of aromatic nitrogens is 2. The summed E-state index contributed by atoms with van der Waals surface area (Å²) >= 11 is 5.92. The Hall–Kier alpha value is -2.72. The lowest BCUT2D eigenvalue weighted by molar-refractivity contribution is 0.112. The van der Waals surface area contributed by atoms with E-state index in [0.29, 0.717) is 28.8 Å². The standard InChI is InChI=1S/C21H20ClN5O/c22-19-7-5-18(6-8-19)21-24-20(28-25-21)15-27-11-9-26(10-12-27)14-17-3-1-16(13-23)2-4-17/h1-8H,9-12,14-15H2. The van der Waals surface area contributed by atoms with Gasteiger partial charge in [-0.3, -0.25) is 9.80 Å². The molecule has 1 aromatic heterocycles. The molecule has 1 aliphatic heterocycles. The molecule has 1 aliphatic rings. The maximum absolute atomic E-state index is 8.89. The Morgan fingerprint density at radius 1 is 0.929 bits per heavy atom. The van der Waals surface area contributed by atoms with Crippen LogP contribution in [0.25, 0.3) is 11.4 Å². The second-order valence-corrected chi connectivity index (χ2v) is 7.32. The fourth-order valence-corrected chi connectivity index (χ4v) is 3.40. The molecule has 28 heavy (non-hydrogen) atoms. The minimum absolute atomic E-state index is 0.589. The van der Waals surface area contributed by atoms with Crippen molar-refractivity contribution >= 4 is 11.6 Å². The van der Waals surface area contributed by atoms with Gasteiger partial charge in [0, 0.05) is 43.3 Å². The summed E-state index contributed by atoms with van der Waals surface area (Å²) in [4.78, 5) is 9.25. The van der Waals surface area contributed by atoms with Crippen molar-refractivity contribution < 1.29 is 4.52 Å². The molecule has 7 heteroatoms. The predicted octanol–water partition coefficient (Wildman–Crippen LogP) is 3.58. The van der Waals surface area contributed by atoms with Gasteiger partial charge in [0.05, 0.1) is 18.2 Å². The summed E-state index contributed by atoms with van der Waals surface area (Å²) < 4.78 is 5.42. The topological polar surface area (TPSA) is 69.2 Å². The Labute approximate surface area is 168 Å². The average molecular weight is 394 g/mol. The van der Waals surface area contributed by atoms with Crippen LogP contribution in [-0.2, 0) is 13.1 Å². The largest absolute Gasteiger partial charge is 0.338 e. The number of piperazine rings is 1. The number of benzene rings is 2. The second-order valence-electron chi connectivity index (χ2n) is 6.88. The van der Waals surface area contributed by atoms with Gasteiger partial charge in [0.1, 0.15) is 0 Å². The van der Waals surface area contributed by atoms with Crippen LogP contribution in [0.4, 0.5) is 0 Å². The van der Waals surface area contributed by atoms with E-state index in [0.717, 1.165) is 38.3 Å². The van der Waals surface area contributed by atoms with Gasteiger partial charge < -0.3 is 4.52 Å². The smallest absolute Gasteiger partial charge is 0.241 e. The van der Waals surface area contributed by atoms with Crippen LogP contribution in [0, 0.1) is 11.3 Å². The Bertz CT molecular complexity index is 954. The monoisotopic (exact) mass is 393 g/mol. The van der Waals surface area contributed by atoms with E-state index in [4.69, 9.17) is 21.4 Å². The molecule has 0 atom stereocenters. The minimum atomic E-state index is 0.589. The van der Waals surface area contributed by atoms with Gasteiger partial charge in [-0.1, -0.05) is 28.9 Å². The summed E-state index contributed by atoms with van der Waals surface area (Å²) in [5.74, 6) is 1.22. The van der Waals surface area contributed by atoms with Crippen LogP contribution in [0.2, 0.25) is 5.02 Å². The van der Waals surface area contributed by atoms with Crippen molar-refractivity contribution in [2.45, 2.75) is 13.1 Å². The molecule has 6 nitrogen and oxygen atoms in total. The summed E-state index contributed by atoms with van der Waals surface area (Å²) in [7, 11) is 0. The summed E-state index contributed by atoms with van der Waals surface area (Å²) in [6, 6.07) is 17.4. The molecule has 0 spiro atoms. The first-order chi connectivity index (χ1) is 13.7. The van der Waals surface area contributed by atoms with Gasteiger partial charge >= 0.3 is 0 Å². The van der Waals surface area contributed by atoms with Crippen LogP contribution >= 0.6 is 11.6 Å². The lowest BCUT2D eigenvalue weighted by atomic mass is 10.1. The molecule has 0 aliphatic carbocycles. The van der Waals surface area contributed by atoms with Gasteiger partial charge in [-0.25, -0.2) is 0 Å².